The molecule has 0 unspecified atom stereocenters. The van der Waals surface area contributed by atoms with E-state index in [1.807, 2.05) is 13.8 Å². The minimum atomic E-state index is -0.596. The summed E-state index contributed by atoms with van der Waals surface area (Å²) in [4.78, 5) is 16.4. The molecule has 1 heterocycles. The molecular formula is C11H17N3O2. The first-order valence-electron chi connectivity index (χ1n) is 5.76. The number of hydrogen-bond acceptors (Lipinski definition) is 4. The molecule has 0 amide bonds. The van der Waals surface area contributed by atoms with Crippen molar-refractivity contribution < 1.29 is 9.53 Å². The van der Waals surface area contributed by atoms with Crippen LogP contribution in [-0.4, -0.2) is 27.8 Å². The van der Waals surface area contributed by atoms with Crippen LogP contribution in [0.15, 0.2) is 0 Å². The summed E-state index contributed by atoms with van der Waals surface area (Å²) >= 11 is 0. The predicted molar refractivity (Wildman–Crippen MR) is 57.9 cm³/mol. The van der Waals surface area contributed by atoms with Crippen LogP contribution in [0.5, 0.6) is 0 Å². The molecule has 0 aromatic carbocycles. The minimum Gasteiger partial charge on any atom is -0.465 e. The number of nitrogens with zero attached hydrogens (tertiary/aromatic N) is 2. The Bertz CT molecular complexity index is 380. The maximum Gasteiger partial charge on any atom is 0.319 e. The molecule has 1 N–H and O–H groups in total. The standard InChI is InChI=1S/C11H17N3O2/c1-3-16-10(15)11(6-4-5-7-11)9-12-8(2)13-14-9/h3-7H2,1-2H3,(H,12,13,14). The van der Waals surface area contributed by atoms with E-state index in [0.29, 0.717) is 12.4 Å². The van der Waals surface area contributed by atoms with E-state index in [9.17, 15) is 4.79 Å². The van der Waals surface area contributed by atoms with Crippen LogP contribution in [0.2, 0.25) is 0 Å². The second-order valence-corrected chi connectivity index (χ2v) is 4.25. The molecule has 2 rings (SSSR count). The summed E-state index contributed by atoms with van der Waals surface area (Å²) in [5, 5.41) is 6.93. The highest BCUT2D eigenvalue weighted by Gasteiger charge is 2.47. The van der Waals surface area contributed by atoms with Crippen molar-refractivity contribution >= 4 is 5.97 Å². The Kier molecular flexibility index (Phi) is 2.94. The molecule has 16 heavy (non-hydrogen) atoms. The zero-order valence-corrected chi connectivity index (χ0v) is 9.75. The number of nitrogens with one attached hydrogen (secondary N) is 1. The Balaban J connectivity index is 2.32. The summed E-state index contributed by atoms with van der Waals surface area (Å²) in [6.45, 7) is 4.07. The number of ether oxygens (including phenoxy) is 1. The molecule has 1 aliphatic rings. The molecule has 1 fully saturated rings. The van der Waals surface area contributed by atoms with Gasteiger partial charge >= 0.3 is 5.97 Å². The van der Waals surface area contributed by atoms with Gasteiger partial charge in [-0.05, 0) is 26.7 Å². The molecule has 1 aromatic heterocycles. The van der Waals surface area contributed by atoms with E-state index in [1.165, 1.54) is 0 Å². The first-order valence-corrected chi connectivity index (χ1v) is 5.76. The Morgan fingerprint density at radius 3 is 2.69 bits per heavy atom. The van der Waals surface area contributed by atoms with Crippen molar-refractivity contribution in [3.63, 3.8) is 0 Å². The van der Waals surface area contributed by atoms with Crippen molar-refractivity contribution in [2.75, 3.05) is 6.61 Å². The van der Waals surface area contributed by atoms with Gasteiger partial charge in [0.25, 0.3) is 0 Å². The summed E-state index contributed by atoms with van der Waals surface area (Å²) in [6.07, 6.45) is 3.66. The highest BCUT2D eigenvalue weighted by molar-refractivity contribution is 5.82. The zero-order valence-electron chi connectivity index (χ0n) is 9.75. The van der Waals surface area contributed by atoms with Gasteiger partial charge in [0.2, 0.25) is 0 Å². The van der Waals surface area contributed by atoms with Gasteiger partial charge in [0, 0.05) is 0 Å². The van der Waals surface area contributed by atoms with Crippen LogP contribution in [-0.2, 0) is 14.9 Å². The number of aromatic amines is 1. The summed E-state index contributed by atoms with van der Waals surface area (Å²) < 4.78 is 5.16. The lowest BCUT2D eigenvalue weighted by atomic mass is 9.85. The van der Waals surface area contributed by atoms with E-state index in [1.54, 1.807) is 0 Å². The van der Waals surface area contributed by atoms with Crippen LogP contribution < -0.4 is 0 Å². The average Bonchev–Trinajstić information content (AvgIpc) is 2.86. The number of rotatable bonds is 3. The topological polar surface area (TPSA) is 67.9 Å². The lowest BCUT2D eigenvalue weighted by molar-refractivity contribution is -0.150. The van der Waals surface area contributed by atoms with Crippen LogP contribution in [0.4, 0.5) is 0 Å². The van der Waals surface area contributed by atoms with E-state index in [-0.39, 0.29) is 5.97 Å². The fraction of sp³-hybridized carbons (Fsp3) is 0.727. The van der Waals surface area contributed by atoms with Gasteiger partial charge in [-0.1, -0.05) is 12.8 Å². The monoisotopic (exact) mass is 223 g/mol. The first-order chi connectivity index (χ1) is 7.69. The molecule has 0 saturated heterocycles. The maximum atomic E-state index is 12.1. The highest BCUT2D eigenvalue weighted by Crippen LogP contribution is 2.40. The van der Waals surface area contributed by atoms with Crippen molar-refractivity contribution in [3.05, 3.63) is 11.6 Å². The smallest absolute Gasteiger partial charge is 0.319 e. The first kappa shape index (κ1) is 11.1. The van der Waals surface area contributed by atoms with Crippen LogP contribution >= 0.6 is 0 Å². The second-order valence-electron chi connectivity index (χ2n) is 4.25. The molecule has 0 atom stereocenters. The molecule has 5 heteroatoms. The van der Waals surface area contributed by atoms with Crippen LogP contribution in [0.1, 0.15) is 44.3 Å². The number of esters is 1. The molecule has 0 bridgehead atoms. The van der Waals surface area contributed by atoms with E-state index in [2.05, 4.69) is 15.2 Å². The highest BCUT2D eigenvalue weighted by atomic mass is 16.5. The predicted octanol–water partition coefficient (Wildman–Crippen LogP) is 1.49. The van der Waals surface area contributed by atoms with Crippen LogP contribution in [0, 0.1) is 6.92 Å². The van der Waals surface area contributed by atoms with Gasteiger partial charge in [0.1, 0.15) is 11.2 Å². The summed E-state index contributed by atoms with van der Waals surface area (Å²) in [5.41, 5.74) is -0.596. The average molecular weight is 223 g/mol. The fourth-order valence-corrected chi connectivity index (χ4v) is 2.32. The lowest BCUT2D eigenvalue weighted by Gasteiger charge is -2.22. The van der Waals surface area contributed by atoms with Crippen molar-refractivity contribution in [2.24, 2.45) is 0 Å². The molecule has 5 nitrogen and oxygen atoms in total. The molecular weight excluding hydrogens is 206 g/mol. The third-order valence-corrected chi connectivity index (χ3v) is 3.15. The van der Waals surface area contributed by atoms with Crippen molar-refractivity contribution in [1.29, 1.82) is 0 Å². The number of aromatic nitrogens is 3. The molecule has 0 aliphatic heterocycles. The third kappa shape index (κ3) is 1.70. The normalized spacial score (nSPS) is 18.6. The number of H-pyrrole nitrogens is 1. The minimum absolute atomic E-state index is 0.175. The van der Waals surface area contributed by atoms with E-state index >= 15 is 0 Å². The van der Waals surface area contributed by atoms with Crippen molar-refractivity contribution in [1.82, 2.24) is 15.2 Å². The van der Waals surface area contributed by atoms with Crippen LogP contribution in [0.3, 0.4) is 0 Å². The van der Waals surface area contributed by atoms with E-state index in [4.69, 9.17) is 4.74 Å². The Morgan fingerprint density at radius 1 is 1.50 bits per heavy atom. The molecule has 88 valence electrons. The molecule has 1 aliphatic carbocycles. The van der Waals surface area contributed by atoms with Gasteiger partial charge in [0.15, 0.2) is 5.82 Å². The number of hydrogen-bond donors (Lipinski definition) is 1. The Morgan fingerprint density at radius 2 is 2.19 bits per heavy atom. The van der Waals surface area contributed by atoms with Crippen molar-refractivity contribution in [3.8, 4) is 0 Å². The zero-order chi connectivity index (χ0) is 11.6. The molecule has 0 spiro atoms. The number of carbonyl (C=O) groups excluding carboxylic acids is 1. The van der Waals surface area contributed by atoms with Crippen molar-refractivity contribution in [2.45, 2.75) is 44.9 Å². The Hall–Kier alpha value is -1.39. The summed E-state index contributed by atoms with van der Waals surface area (Å²) in [5.74, 6) is 1.16. The van der Waals surface area contributed by atoms with Gasteiger partial charge < -0.3 is 4.74 Å². The SMILES string of the molecule is CCOC(=O)C1(c2n[nH]c(C)n2)CCCC1. The van der Waals surface area contributed by atoms with Gasteiger partial charge in [0.05, 0.1) is 6.61 Å². The largest absolute Gasteiger partial charge is 0.465 e. The lowest BCUT2D eigenvalue weighted by Crippen LogP contribution is -2.36. The number of aryl methyl sites for hydroxylation is 1. The quantitative estimate of drug-likeness (QED) is 0.788. The molecule has 0 radical (unpaired) electrons. The third-order valence-electron chi connectivity index (χ3n) is 3.15. The molecule has 1 saturated carbocycles. The van der Waals surface area contributed by atoms with E-state index in [0.717, 1.165) is 31.5 Å². The fourth-order valence-electron chi connectivity index (χ4n) is 2.32. The Labute approximate surface area is 94.6 Å². The summed E-state index contributed by atoms with van der Waals surface area (Å²) in [6, 6.07) is 0. The number of carbonyl (C=O) groups is 1. The van der Waals surface area contributed by atoms with Gasteiger partial charge in [-0.3, -0.25) is 9.89 Å². The summed E-state index contributed by atoms with van der Waals surface area (Å²) in [7, 11) is 0. The van der Waals surface area contributed by atoms with E-state index < -0.39 is 5.41 Å². The van der Waals surface area contributed by atoms with Gasteiger partial charge in [-0.2, -0.15) is 5.10 Å². The molecule has 1 aromatic rings. The van der Waals surface area contributed by atoms with Gasteiger partial charge in [-0.25, -0.2) is 4.98 Å². The van der Waals surface area contributed by atoms with Crippen LogP contribution in [0.25, 0.3) is 0 Å². The van der Waals surface area contributed by atoms with Gasteiger partial charge in [-0.15, -0.1) is 0 Å². The maximum absolute atomic E-state index is 12.1. The second kappa shape index (κ2) is 4.23.